The predicted molar refractivity (Wildman–Crippen MR) is 87.3 cm³/mol. The zero-order valence-corrected chi connectivity index (χ0v) is 14.4. The van der Waals surface area contributed by atoms with Gasteiger partial charge in [-0.3, -0.25) is 4.72 Å². The van der Waals surface area contributed by atoms with Gasteiger partial charge in [0.1, 0.15) is 10.7 Å². The number of carbonyl (C=O) groups is 1. The van der Waals surface area contributed by atoms with E-state index in [1.54, 1.807) is 6.92 Å². The van der Waals surface area contributed by atoms with Crippen molar-refractivity contribution in [3.05, 3.63) is 58.3 Å². The number of esters is 1. The summed E-state index contributed by atoms with van der Waals surface area (Å²) >= 11 is 3.06. The molecule has 2 aromatic rings. The molecule has 5 nitrogen and oxygen atoms in total. The number of benzene rings is 2. The van der Waals surface area contributed by atoms with E-state index in [1.165, 1.54) is 30.3 Å². The van der Waals surface area contributed by atoms with Crippen LogP contribution in [0.2, 0.25) is 0 Å². The normalized spacial score (nSPS) is 11.1. The Balaban J connectivity index is 2.30. The lowest BCUT2D eigenvalue weighted by atomic mass is 10.2. The molecule has 2 aromatic carbocycles. The second-order valence-electron chi connectivity index (χ2n) is 4.48. The largest absolute Gasteiger partial charge is 0.462 e. The molecular weight excluding hydrogens is 389 g/mol. The van der Waals surface area contributed by atoms with Gasteiger partial charge in [0.2, 0.25) is 0 Å². The molecule has 0 unspecified atom stereocenters. The Labute approximate surface area is 141 Å². The van der Waals surface area contributed by atoms with Crippen molar-refractivity contribution in [3.63, 3.8) is 0 Å². The fourth-order valence-corrected chi connectivity index (χ4v) is 3.27. The minimum atomic E-state index is -4.11. The van der Waals surface area contributed by atoms with E-state index in [9.17, 15) is 17.6 Å². The zero-order valence-electron chi connectivity index (χ0n) is 12.0. The lowest BCUT2D eigenvalue weighted by molar-refractivity contribution is 0.0526. The topological polar surface area (TPSA) is 72.5 Å². The van der Waals surface area contributed by atoms with Gasteiger partial charge in [-0.05, 0) is 43.3 Å². The molecule has 0 atom stereocenters. The predicted octanol–water partition coefficient (Wildman–Crippen LogP) is 3.57. The fraction of sp³-hybridized carbons (Fsp3) is 0.133. The minimum absolute atomic E-state index is 0.137. The van der Waals surface area contributed by atoms with Crippen molar-refractivity contribution < 1.29 is 22.3 Å². The van der Waals surface area contributed by atoms with Crippen molar-refractivity contribution in [3.8, 4) is 0 Å². The number of halogens is 2. The van der Waals surface area contributed by atoms with E-state index in [2.05, 4.69) is 20.7 Å². The molecule has 0 fully saturated rings. The number of hydrogen-bond acceptors (Lipinski definition) is 4. The van der Waals surface area contributed by atoms with E-state index >= 15 is 0 Å². The Kier molecular flexibility index (Phi) is 5.38. The van der Waals surface area contributed by atoms with E-state index in [1.807, 2.05) is 0 Å². The highest BCUT2D eigenvalue weighted by molar-refractivity contribution is 9.10. The molecule has 0 aliphatic carbocycles. The van der Waals surface area contributed by atoms with E-state index in [0.717, 1.165) is 12.1 Å². The Morgan fingerprint density at radius 2 is 2.00 bits per heavy atom. The van der Waals surface area contributed by atoms with Crippen LogP contribution in [0.5, 0.6) is 0 Å². The van der Waals surface area contributed by atoms with Gasteiger partial charge in [0.25, 0.3) is 10.0 Å². The van der Waals surface area contributed by atoms with Crippen LogP contribution in [0.4, 0.5) is 10.1 Å². The molecule has 0 aromatic heterocycles. The van der Waals surface area contributed by atoms with Gasteiger partial charge in [-0.1, -0.05) is 22.0 Å². The first-order chi connectivity index (χ1) is 10.8. The summed E-state index contributed by atoms with van der Waals surface area (Å²) in [7, 11) is -4.11. The van der Waals surface area contributed by atoms with Gasteiger partial charge in [0.15, 0.2) is 0 Å². The molecule has 2 rings (SSSR count). The third-order valence-electron chi connectivity index (χ3n) is 2.81. The second-order valence-corrected chi connectivity index (χ2v) is 7.05. The van der Waals surface area contributed by atoms with Crippen molar-refractivity contribution in [1.29, 1.82) is 0 Å². The highest BCUT2D eigenvalue weighted by Crippen LogP contribution is 2.22. The molecule has 0 bridgehead atoms. The summed E-state index contributed by atoms with van der Waals surface area (Å²) in [5.74, 6) is -1.45. The third-order valence-corrected chi connectivity index (χ3v) is 4.72. The summed E-state index contributed by atoms with van der Waals surface area (Å²) in [5.41, 5.74) is 0.334. The van der Waals surface area contributed by atoms with E-state index in [0.29, 0.717) is 4.47 Å². The number of hydrogen-bond donors (Lipinski definition) is 1. The molecule has 0 amide bonds. The highest BCUT2D eigenvalue weighted by Gasteiger charge is 2.20. The average Bonchev–Trinajstić information content (AvgIpc) is 2.46. The molecule has 0 aliphatic rings. The van der Waals surface area contributed by atoms with Gasteiger partial charge in [-0.25, -0.2) is 17.6 Å². The zero-order chi connectivity index (χ0) is 17.0. The highest BCUT2D eigenvalue weighted by atomic mass is 79.9. The second kappa shape index (κ2) is 7.10. The number of sulfonamides is 1. The monoisotopic (exact) mass is 401 g/mol. The van der Waals surface area contributed by atoms with Crippen molar-refractivity contribution in [2.45, 2.75) is 11.8 Å². The van der Waals surface area contributed by atoms with Gasteiger partial charge < -0.3 is 4.74 Å². The van der Waals surface area contributed by atoms with Crippen molar-refractivity contribution in [2.24, 2.45) is 0 Å². The lowest BCUT2D eigenvalue weighted by Crippen LogP contribution is -2.15. The van der Waals surface area contributed by atoms with Crippen LogP contribution < -0.4 is 4.72 Å². The van der Waals surface area contributed by atoms with Crippen LogP contribution in [0.15, 0.2) is 51.8 Å². The molecule has 8 heteroatoms. The maximum absolute atomic E-state index is 13.8. The van der Waals surface area contributed by atoms with Crippen molar-refractivity contribution in [1.82, 2.24) is 0 Å². The summed E-state index contributed by atoms with van der Waals surface area (Å²) in [6, 6.07) is 9.41. The molecule has 0 spiro atoms. The first kappa shape index (κ1) is 17.4. The molecule has 0 heterocycles. The number of rotatable bonds is 5. The molecule has 23 heavy (non-hydrogen) atoms. The Morgan fingerprint density at radius 3 is 2.65 bits per heavy atom. The Morgan fingerprint density at radius 1 is 1.26 bits per heavy atom. The van der Waals surface area contributed by atoms with Crippen LogP contribution in [-0.2, 0) is 14.8 Å². The standard InChI is InChI=1S/C15H13BrFNO4S/c1-2-22-15(19)10-4-3-5-12(8-10)18-23(20,21)14-7-6-11(16)9-13(14)17/h3-9,18H,2H2,1H3. The summed E-state index contributed by atoms with van der Waals surface area (Å²) in [4.78, 5) is 11.2. The molecular formula is C15H13BrFNO4S. The van der Waals surface area contributed by atoms with Gasteiger partial charge in [0, 0.05) is 10.2 Å². The molecule has 0 radical (unpaired) electrons. The van der Waals surface area contributed by atoms with Crippen LogP contribution in [0.3, 0.4) is 0 Å². The molecule has 0 aliphatic heterocycles. The quantitative estimate of drug-likeness (QED) is 0.777. The first-order valence-corrected chi connectivity index (χ1v) is 8.86. The maximum Gasteiger partial charge on any atom is 0.338 e. The number of anilines is 1. The SMILES string of the molecule is CCOC(=O)c1cccc(NS(=O)(=O)c2ccc(Br)cc2F)c1. The molecule has 0 saturated heterocycles. The molecule has 122 valence electrons. The van der Waals surface area contributed by atoms with Crippen molar-refractivity contribution >= 4 is 37.6 Å². The fourth-order valence-electron chi connectivity index (χ4n) is 1.83. The van der Waals surface area contributed by atoms with Crippen LogP contribution in [-0.4, -0.2) is 21.0 Å². The van der Waals surface area contributed by atoms with Gasteiger partial charge >= 0.3 is 5.97 Å². The number of ether oxygens (including phenoxy) is 1. The van der Waals surface area contributed by atoms with Crippen LogP contribution in [0.1, 0.15) is 17.3 Å². The lowest BCUT2D eigenvalue weighted by Gasteiger charge is -2.10. The minimum Gasteiger partial charge on any atom is -0.462 e. The smallest absolute Gasteiger partial charge is 0.338 e. The van der Waals surface area contributed by atoms with E-state index in [-0.39, 0.29) is 17.9 Å². The van der Waals surface area contributed by atoms with Crippen LogP contribution >= 0.6 is 15.9 Å². The molecule has 1 N–H and O–H groups in total. The van der Waals surface area contributed by atoms with Gasteiger partial charge in [-0.15, -0.1) is 0 Å². The number of nitrogens with one attached hydrogen (secondary N) is 1. The Hall–Kier alpha value is -1.93. The Bertz CT molecular complexity index is 839. The number of carbonyl (C=O) groups excluding carboxylic acids is 1. The summed E-state index contributed by atoms with van der Waals surface area (Å²) in [6.45, 7) is 1.87. The third kappa shape index (κ3) is 4.29. The average molecular weight is 402 g/mol. The van der Waals surface area contributed by atoms with Crippen LogP contribution in [0, 0.1) is 5.82 Å². The first-order valence-electron chi connectivity index (χ1n) is 6.58. The van der Waals surface area contributed by atoms with E-state index < -0.39 is 26.7 Å². The van der Waals surface area contributed by atoms with Crippen molar-refractivity contribution in [2.75, 3.05) is 11.3 Å². The summed E-state index contributed by atoms with van der Waals surface area (Å²) < 4.78 is 45.9. The molecule has 0 saturated carbocycles. The summed E-state index contributed by atoms with van der Waals surface area (Å²) in [6.07, 6.45) is 0. The van der Waals surface area contributed by atoms with Crippen LogP contribution in [0.25, 0.3) is 0 Å². The van der Waals surface area contributed by atoms with Gasteiger partial charge in [0.05, 0.1) is 12.2 Å². The summed E-state index contributed by atoms with van der Waals surface area (Å²) in [5, 5.41) is 0. The van der Waals surface area contributed by atoms with Gasteiger partial charge in [-0.2, -0.15) is 0 Å². The maximum atomic E-state index is 13.8. The van der Waals surface area contributed by atoms with E-state index in [4.69, 9.17) is 4.74 Å².